The number of aromatic nitrogens is 3. The molecule has 8 nitrogen and oxygen atoms in total. The Balaban J connectivity index is 1.62. The molecule has 8 heteroatoms. The van der Waals surface area contributed by atoms with E-state index >= 15 is 0 Å². The number of ether oxygens (including phenoxy) is 1. The average Bonchev–Trinajstić information content (AvgIpc) is 3.24. The maximum Gasteiger partial charge on any atom is 0.253 e. The van der Waals surface area contributed by atoms with Gasteiger partial charge in [-0.15, -0.1) is 5.10 Å². The molecule has 1 amide bonds. The van der Waals surface area contributed by atoms with Crippen LogP contribution in [-0.2, 0) is 0 Å². The molecule has 0 aliphatic carbocycles. The molecule has 2 heterocycles. The van der Waals surface area contributed by atoms with Crippen molar-refractivity contribution < 1.29 is 14.6 Å². The number of methoxy groups -OCH3 is 1. The van der Waals surface area contributed by atoms with Crippen molar-refractivity contribution in [3.8, 4) is 22.6 Å². The number of phenols is 1. The van der Waals surface area contributed by atoms with Crippen molar-refractivity contribution in [2.45, 2.75) is 27.7 Å². The summed E-state index contributed by atoms with van der Waals surface area (Å²) in [4.78, 5) is 19.0. The van der Waals surface area contributed by atoms with Crippen molar-refractivity contribution in [1.29, 1.82) is 0 Å². The van der Waals surface area contributed by atoms with E-state index in [2.05, 4.69) is 15.4 Å². The van der Waals surface area contributed by atoms with E-state index in [0.29, 0.717) is 47.4 Å². The molecule has 0 saturated heterocycles. The van der Waals surface area contributed by atoms with Gasteiger partial charge in [-0.2, -0.15) is 4.98 Å². The predicted octanol–water partition coefficient (Wildman–Crippen LogP) is 4.95. The van der Waals surface area contributed by atoms with Crippen molar-refractivity contribution in [1.82, 2.24) is 19.5 Å². The Morgan fingerprint density at radius 3 is 2.41 bits per heavy atom. The molecule has 0 radical (unpaired) electrons. The van der Waals surface area contributed by atoms with Crippen LogP contribution in [0.3, 0.4) is 0 Å². The van der Waals surface area contributed by atoms with Crippen molar-refractivity contribution in [2.24, 2.45) is 0 Å². The summed E-state index contributed by atoms with van der Waals surface area (Å²) in [6.07, 6.45) is 1.90. The van der Waals surface area contributed by atoms with Crippen LogP contribution in [0.4, 0.5) is 11.6 Å². The van der Waals surface area contributed by atoms with Crippen LogP contribution in [0.25, 0.3) is 16.8 Å². The summed E-state index contributed by atoms with van der Waals surface area (Å²) in [5.74, 6) is 1.23. The van der Waals surface area contributed by atoms with E-state index in [0.717, 1.165) is 22.3 Å². The highest BCUT2D eigenvalue weighted by molar-refractivity contribution is 5.95. The number of nitrogens with one attached hydrogen (secondary N) is 1. The SMILES string of the molecule is CCN(CC)C(=O)c1ccc(Nc2nc3ccc(-c4cc(C)c(O)c(C)c4)cn3n2)c(OC)c1. The average molecular weight is 460 g/mol. The van der Waals surface area contributed by atoms with Gasteiger partial charge in [-0.3, -0.25) is 4.79 Å². The second kappa shape index (κ2) is 9.43. The standard InChI is InChI=1S/C26H29N5O3/c1-6-30(7-2)25(33)18-8-10-21(22(14-18)34-5)27-26-28-23-11-9-19(15-31(23)29-26)20-12-16(3)24(32)17(4)13-20/h8-15,32H,6-7H2,1-5H3,(H,27,29). The third-order valence-electron chi connectivity index (χ3n) is 5.90. The molecular formula is C26H29N5O3. The topological polar surface area (TPSA) is 92.0 Å². The third-order valence-corrected chi connectivity index (χ3v) is 5.90. The molecule has 176 valence electrons. The van der Waals surface area contributed by atoms with Crippen molar-refractivity contribution in [2.75, 3.05) is 25.5 Å². The minimum absolute atomic E-state index is 0.0343. The summed E-state index contributed by atoms with van der Waals surface area (Å²) in [7, 11) is 1.57. The minimum atomic E-state index is -0.0343. The lowest BCUT2D eigenvalue weighted by Crippen LogP contribution is -2.30. The minimum Gasteiger partial charge on any atom is -0.507 e. The number of aryl methyl sites for hydroxylation is 2. The van der Waals surface area contributed by atoms with Gasteiger partial charge < -0.3 is 20.1 Å². The maximum atomic E-state index is 12.7. The molecule has 0 saturated carbocycles. The fourth-order valence-corrected chi connectivity index (χ4v) is 3.97. The molecule has 2 aromatic heterocycles. The molecule has 0 aliphatic heterocycles. The Hall–Kier alpha value is -4.07. The van der Waals surface area contributed by atoms with Gasteiger partial charge in [0.1, 0.15) is 11.5 Å². The molecule has 2 N–H and O–H groups in total. The van der Waals surface area contributed by atoms with Crippen LogP contribution in [0, 0.1) is 13.8 Å². The molecular weight excluding hydrogens is 430 g/mol. The van der Waals surface area contributed by atoms with Crippen LogP contribution >= 0.6 is 0 Å². The summed E-state index contributed by atoms with van der Waals surface area (Å²) in [6, 6.07) is 13.1. The quantitative estimate of drug-likeness (QED) is 0.406. The first-order valence-corrected chi connectivity index (χ1v) is 11.3. The Bertz CT molecular complexity index is 1340. The number of rotatable bonds is 7. The molecule has 34 heavy (non-hydrogen) atoms. The first-order valence-electron chi connectivity index (χ1n) is 11.3. The smallest absolute Gasteiger partial charge is 0.253 e. The fourth-order valence-electron chi connectivity index (χ4n) is 3.97. The van der Waals surface area contributed by atoms with Gasteiger partial charge in [-0.25, -0.2) is 4.52 Å². The van der Waals surface area contributed by atoms with E-state index in [1.807, 2.05) is 58.2 Å². The number of phenolic OH excluding ortho intramolecular Hbond substituents is 1. The number of fused-ring (bicyclic) bond motifs is 1. The van der Waals surface area contributed by atoms with Crippen molar-refractivity contribution in [3.05, 3.63) is 65.4 Å². The Morgan fingerprint density at radius 1 is 1.06 bits per heavy atom. The summed E-state index contributed by atoms with van der Waals surface area (Å²) in [6.45, 7) is 8.98. The number of anilines is 2. The number of hydrogen-bond donors (Lipinski definition) is 2. The van der Waals surface area contributed by atoms with E-state index in [1.54, 1.807) is 34.7 Å². The number of amides is 1. The van der Waals surface area contributed by atoms with Crippen LogP contribution in [0.1, 0.15) is 35.3 Å². The number of aromatic hydroxyl groups is 1. The molecule has 0 bridgehead atoms. The lowest BCUT2D eigenvalue weighted by Gasteiger charge is -2.19. The van der Waals surface area contributed by atoms with Gasteiger partial charge >= 0.3 is 0 Å². The molecule has 0 spiro atoms. The van der Waals surface area contributed by atoms with Crippen LogP contribution < -0.4 is 10.1 Å². The first-order chi connectivity index (χ1) is 16.3. The van der Waals surface area contributed by atoms with Gasteiger partial charge in [0.2, 0.25) is 5.95 Å². The highest BCUT2D eigenvalue weighted by Gasteiger charge is 2.16. The molecule has 0 unspecified atom stereocenters. The zero-order chi connectivity index (χ0) is 24.4. The van der Waals surface area contributed by atoms with E-state index < -0.39 is 0 Å². The van der Waals surface area contributed by atoms with Gasteiger partial charge in [0, 0.05) is 30.4 Å². The lowest BCUT2D eigenvalue weighted by atomic mass is 10.0. The van der Waals surface area contributed by atoms with Crippen LogP contribution in [0.15, 0.2) is 48.7 Å². The molecule has 4 aromatic rings. The number of hydrogen-bond acceptors (Lipinski definition) is 6. The Labute approximate surface area is 198 Å². The molecule has 2 aromatic carbocycles. The number of carbonyl (C=O) groups excluding carboxylic acids is 1. The Morgan fingerprint density at radius 2 is 1.76 bits per heavy atom. The van der Waals surface area contributed by atoms with E-state index in [1.165, 1.54) is 0 Å². The van der Waals surface area contributed by atoms with Gasteiger partial charge in [0.05, 0.1) is 12.8 Å². The van der Waals surface area contributed by atoms with Crippen LogP contribution in [0.5, 0.6) is 11.5 Å². The highest BCUT2D eigenvalue weighted by atomic mass is 16.5. The number of nitrogens with zero attached hydrogens (tertiary/aromatic N) is 4. The highest BCUT2D eigenvalue weighted by Crippen LogP contribution is 2.31. The van der Waals surface area contributed by atoms with E-state index in [9.17, 15) is 9.90 Å². The molecule has 0 fully saturated rings. The normalized spacial score (nSPS) is 11.0. The fraction of sp³-hybridized carbons (Fsp3) is 0.269. The largest absolute Gasteiger partial charge is 0.507 e. The molecule has 0 aliphatic rings. The van der Waals surface area contributed by atoms with Crippen LogP contribution in [-0.4, -0.2) is 50.7 Å². The van der Waals surface area contributed by atoms with Crippen LogP contribution in [0.2, 0.25) is 0 Å². The lowest BCUT2D eigenvalue weighted by molar-refractivity contribution is 0.0772. The monoisotopic (exact) mass is 459 g/mol. The van der Waals surface area contributed by atoms with Gasteiger partial charge in [0.25, 0.3) is 5.91 Å². The zero-order valence-corrected chi connectivity index (χ0v) is 20.1. The number of benzene rings is 2. The zero-order valence-electron chi connectivity index (χ0n) is 20.1. The van der Waals surface area contributed by atoms with Gasteiger partial charge in [-0.1, -0.05) is 0 Å². The molecule has 0 atom stereocenters. The third kappa shape index (κ3) is 4.39. The van der Waals surface area contributed by atoms with Crippen molar-refractivity contribution in [3.63, 3.8) is 0 Å². The summed E-state index contributed by atoms with van der Waals surface area (Å²) < 4.78 is 7.23. The molecule has 4 rings (SSSR count). The summed E-state index contributed by atoms with van der Waals surface area (Å²) in [5, 5.41) is 17.8. The maximum absolute atomic E-state index is 12.7. The summed E-state index contributed by atoms with van der Waals surface area (Å²) >= 11 is 0. The van der Waals surface area contributed by atoms with Gasteiger partial charge in [-0.05, 0) is 86.8 Å². The second-order valence-corrected chi connectivity index (χ2v) is 8.13. The number of carbonyl (C=O) groups is 1. The second-order valence-electron chi connectivity index (χ2n) is 8.13. The predicted molar refractivity (Wildman–Crippen MR) is 133 cm³/mol. The van der Waals surface area contributed by atoms with Crippen molar-refractivity contribution >= 4 is 23.2 Å². The number of pyridine rings is 1. The van der Waals surface area contributed by atoms with E-state index in [4.69, 9.17) is 4.74 Å². The summed E-state index contributed by atoms with van der Waals surface area (Å²) in [5.41, 5.74) is 5.53. The first kappa shape index (κ1) is 23.1. The Kier molecular flexibility index (Phi) is 6.40. The van der Waals surface area contributed by atoms with E-state index in [-0.39, 0.29) is 5.91 Å². The van der Waals surface area contributed by atoms with Gasteiger partial charge in [0.15, 0.2) is 5.65 Å².